The molecule has 0 atom stereocenters. The van der Waals surface area contributed by atoms with Crippen LogP contribution in [0.1, 0.15) is 5.56 Å². The number of thiophene rings is 1. The normalized spacial score (nSPS) is 10.9. The van der Waals surface area contributed by atoms with Crippen molar-refractivity contribution in [2.45, 2.75) is 6.54 Å². The summed E-state index contributed by atoms with van der Waals surface area (Å²) in [5.74, 6) is 0.532. The molecule has 0 bridgehead atoms. The molecule has 134 valence electrons. The number of rotatable bonds is 5. The number of hydrogen-bond acceptors (Lipinski definition) is 7. The first-order valence-electron chi connectivity index (χ1n) is 7.96. The fourth-order valence-corrected chi connectivity index (χ4v) is 3.38. The Bertz CT molecular complexity index is 1120. The van der Waals surface area contributed by atoms with Crippen LogP contribution in [0, 0.1) is 15.9 Å². The number of benzene rings is 1. The van der Waals surface area contributed by atoms with Crippen molar-refractivity contribution in [3.8, 4) is 11.5 Å². The Morgan fingerprint density at radius 3 is 2.67 bits per heavy atom. The molecule has 0 saturated carbocycles. The molecule has 0 aliphatic heterocycles. The average molecular weight is 381 g/mol. The van der Waals surface area contributed by atoms with Crippen LogP contribution in [-0.4, -0.2) is 19.9 Å². The number of aromatic nitrogens is 3. The molecule has 0 unspecified atom stereocenters. The zero-order chi connectivity index (χ0) is 18.8. The van der Waals surface area contributed by atoms with Crippen LogP contribution in [0.4, 0.5) is 15.2 Å². The number of halogens is 1. The van der Waals surface area contributed by atoms with Crippen LogP contribution in [-0.2, 0) is 6.54 Å². The van der Waals surface area contributed by atoms with Crippen LogP contribution in [0.2, 0.25) is 0 Å². The molecular formula is C18H12FN5O2S. The van der Waals surface area contributed by atoms with Gasteiger partial charge in [-0.05, 0) is 41.2 Å². The first-order valence-corrected chi connectivity index (χ1v) is 8.77. The van der Waals surface area contributed by atoms with Gasteiger partial charge in [0.2, 0.25) is 0 Å². The third-order valence-electron chi connectivity index (χ3n) is 3.83. The zero-order valence-electron chi connectivity index (χ0n) is 13.8. The van der Waals surface area contributed by atoms with Crippen molar-refractivity contribution in [2.75, 3.05) is 5.32 Å². The van der Waals surface area contributed by atoms with Gasteiger partial charge in [0.1, 0.15) is 22.2 Å². The van der Waals surface area contributed by atoms with Crippen LogP contribution < -0.4 is 5.32 Å². The number of nitro groups is 1. The van der Waals surface area contributed by atoms with Gasteiger partial charge in [-0.3, -0.25) is 15.1 Å². The van der Waals surface area contributed by atoms with Crippen molar-refractivity contribution in [2.24, 2.45) is 0 Å². The smallest absolute Gasteiger partial charge is 0.326 e. The molecule has 0 fully saturated rings. The summed E-state index contributed by atoms with van der Waals surface area (Å²) in [6.07, 6.45) is 1.63. The average Bonchev–Trinajstić information content (AvgIpc) is 3.13. The second kappa shape index (κ2) is 7.04. The van der Waals surface area contributed by atoms with Gasteiger partial charge in [-0.15, -0.1) is 0 Å². The van der Waals surface area contributed by atoms with Crippen molar-refractivity contribution in [1.82, 2.24) is 15.0 Å². The first-order chi connectivity index (χ1) is 13.1. The molecule has 9 heteroatoms. The molecule has 0 aliphatic rings. The fourth-order valence-electron chi connectivity index (χ4n) is 2.53. The van der Waals surface area contributed by atoms with E-state index in [-0.39, 0.29) is 10.8 Å². The van der Waals surface area contributed by atoms with E-state index in [0.29, 0.717) is 34.1 Å². The summed E-state index contributed by atoms with van der Waals surface area (Å²) in [6, 6.07) is 12.9. The van der Waals surface area contributed by atoms with Gasteiger partial charge < -0.3 is 5.32 Å². The molecular weight excluding hydrogens is 369 g/mol. The van der Waals surface area contributed by atoms with Gasteiger partial charge in [-0.25, -0.2) is 14.4 Å². The van der Waals surface area contributed by atoms with E-state index >= 15 is 0 Å². The quantitative estimate of drug-likeness (QED) is 0.406. The van der Waals surface area contributed by atoms with E-state index in [9.17, 15) is 14.5 Å². The minimum absolute atomic E-state index is 0.0118. The Morgan fingerprint density at radius 1 is 1.15 bits per heavy atom. The zero-order valence-corrected chi connectivity index (χ0v) is 14.6. The van der Waals surface area contributed by atoms with Crippen LogP contribution >= 0.6 is 11.3 Å². The lowest BCUT2D eigenvalue weighted by molar-refractivity contribution is -0.380. The van der Waals surface area contributed by atoms with E-state index in [2.05, 4.69) is 20.3 Å². The van der Waals surface area contributed by atoms with Crippen molar-refractivity contribution in [3.63, 3.8) is 0 Å². The lowest BCUT2D eigenvalue weighted by Crippen LogP contribution is -2.04. The second-order valence-electron chi connectivity index (χ2n) is 5.65. The molecule has 27 heavy (non-hydrogen) atoms. The topological polar surface area (TPSA) is 93.8 Å². The molecule has 1 aromatic carbocycles. The van der Waals surface area contributed by atoms with Crippen LogP contribution in [0.15, 0.2) is 54.7 Å². The summed E-state index contributed by atoms with van der Waals surface area (Å²) in [5, 5.41) is 14.9. The fraction of sp³-hybridized carbons (Fsp3) is 0.0556. The van der Waals surface area contributed by atoms with Gasteiger partial charge in [-0.2, -0.15) is 0 Å². The van der Waals surface area contributed by atoms with E-state index in [0.717, 1.165) is 16.9 Å². The molecule has 7 nitrogen and oxygen atoms in total. The number of nitrogens with zero attached hydrogens (tertiary/aromatic N) is 4. The summed E-state index contributed by atoms with van der Waals surface area (Å²) in [7, 11) is 0. The van der Waals surface area contributed by atoms with Crippen molar-refractivity contribution in [1.29, 1.82) is 0 Å². The molecule has 0 amide bonds. The maximum absolute atomic E-state index is 13.1. The second-order valence-corrected chi connectivity index (χ2v) is 6.66. The monoisotopic (exact) mass is 381 g/mol. The van der Waals surface area contributed by atoms with E-state index < -0.39 is 4.92 Å². The Hall–Kier alpha value is -3.46. The van der Waals surface area contributed by atoms with Crippen LogP contribution in [0.5, 0.6) is 0 Å². The number of fused-ring (bicyclic) bond motifs is 1. The summed E-state index contributed by atoms with van der Waals surface area (Å²) in [6.45, 7) is 0.387. The van der Waals surface area contributed by atoms with E-state index in [4.69, 9.17) is 0 Å². The molecule has 0 saturated heterocycles. The lowest BCUT2D eigenvalue weighted by atomic mass is 10.2. The number of nitrogens with one attached hydrogen (secondary N) is 1. The Kier molecular flexibility index (Phi) is 4.43. The van der Waals surface area contributed by atoms with E-state index in [1.54, 1.807) is 30.5 Å². The lowest BCUT2D eigenvalue weighted by Gasteiger charge is -2.08. The highest BCUT2D eigenvalue weighted by molar-refractivity contribution is 7.21. The Balaban J connectivity index is 1.76. The van der Waals surface area contributed by atoms with Gasteiger partial charge in [0.15, 0.2) is 5.82 Å². The van der Waals surface area contributed by atoms with Crippen molar-refractivity contribution < 1.29 is 9.31 Å². The molecule has 4 rings (SSSR count). The molecule has 0 aliphatic carbocycles. The predicted octanol–water partition coefficient (Wildman–Crippen LogP) is 4.41. The first kappa shape index (κ1) is 17.0. The maximum atomic E-state index is 13.1. The molecule has 1 N–H and O–H groups in total. The molecule has 3 aromatic heterocycles. The summed E-state index contributed by atoms with van der Waals surface area (Å²) < 4.78 is 13.1. The highest BCUT2D eigenvalue weighted by Crippen LogP contribution is 2.35. The number of pyridine rings is 1. The van der Waals surface area contributed by atoms with Gasteiger partial charge in [0.25, 0.3) is 0 Å². The number of hydrogen-bond donors (Lipinski definition) is 1. The minimum atomic E-state index is -0.448. The Labute approximate surface area is 156 Å². The van der Waals surface area contributed by atoms with Gasteiger partial charge in [0, 0.05) is 18.8 Å². The largest absolute Gasteiger partial charge is 0.365 e. The predicted molar refractivity (Wildman–Crippen MR) is 101 cm³/mol. The van der Waals surface area contributed by atoms with E-state index in [1.165, 1.54) is 18.2 Å². The van der Waals surface area contributed by atoms with Crippen LogP contribution in [0.25, 0.3) is 21.7 Å². The van der Waals surface area contributed by atoms with Crippen LogP contribution in [0.3, 0.4) is 0 Å². The highest BCUT2D eigenvalue weighted by atomic mass is 32.1. The SMILES string of the molecule is O=[N+]([O-])c1cc2c(NCc3ccc(F)cc3)nc(-c3ccccn3)nc2s1. The summed E-state index contributed by atoms with van der Waals surface area (Å²) in [5.41, 5.74) is 1.42. The Morgan fingerprint density at radius 2 is 1.96 bits per heavy atom. The van der Waals surface area contributed by atoms with E-state index in [1.807, 2.05) is 6.07 Å². The summed E-state index contributed by atoms with van der Waals surface area (Å²) >= 11 is 0.984. The van der Waals surface area contributed by atoms with Gasteiger partial charge in [-0.1, -0.05) is 18.2 Å². The molecule has 3 heterocycles. The molecule has 0 radical (unpaired) electrons. The third kappa shape index (κ3) is 3.58. The molecule has 0 spiro atoms. The third-order valence-corrected chi connectivity index (χ3v) is 4.81. The highest BCUT2D eigenvalue weighted by Gasteiger charge is 2.18. The number of anilines is 1. The van der Waals surface area contributed by atoms with Crippen molar-refractivity contribution >= 4 is 32.4 Å². The summed E-state index contributed by atoms with van der Waals surface area (Å²) in [4.78, 5) is 24.4. The minimum Gasteiger partial charge on any atom is -0.365 e. The van der Waals surface area contributed by atoms with Crippen molar-refractivity contribution in [3.05, 3.63) is 76.2 Å². The molecule has 4 aromatic rings. The maximum Gasteiger partial charge on any atom is 0.326 e. The standard InChI is InChI=1S/C18H12FN5O2S/c19-12-6-4-11(5-7-12)10-21-16-13-9-15(24(25)26)27-18(13)23-17(22-16)14-3-1-2-8-20-14/h1-9H,10H2,(H,21,22,23). The van der Waals surface area contributed by atoms with Gasteiger partial charge >= 0.3 is 5.00 Å². The van der Waals surface area contributed by atoms with Gasteiger partial charge in [0.05, 0.1) is 10.3 Å².